The number of hydrogen-bond acceptors (Lipinski definition) is 2. The van der Waals surface area contributed by atoms with Gasteiger partial charge in [0.25, 0.3) is 0 Å². The first-order valence-electron chi connectivity index (χ1n) is 6.01. The fourth-order valence-electron chi connectivity index (χ4n) is 1.78. The normalized spacial score (nSPS) is 10.4. The van der Waals surface area contributed by atoms with Gasteiger partial charge in [-0.2, -0.15) is 0 Å². The third-order valence-corrected chi connectivity index (χ3v) is 3.50. The standard InChI is InChI=1S/C14H14Cl2N2O2/c1-8-5-10(9(2)20-8)7-17-14(19)18-11-3-4-12(15)13(16)6-11/h3-6H,7H2,1-2H3,(H2,17,18,19). The number of amides is 2. The first-order valence-corrected chi connectivity index (χ1v) is 6.77. The Bertz CT molecular complexity index is 638. The third kappa shape index (κ3) is 3.68. The molecule has 0 fully saturated rings. The summed E-state index contributed by atoms with van der Waals surface area (Å²) in [5, 5.41) is 6.27. The molecule has 20 heavy (non-hydrogen) atoms. The van der Waals surface area contributed by atoms with Gasteiger partial charge in [0.1, 0.15) is 11.5 Å². The molecule has 0 saturated carbocycles. The molecule has 106 valence electrons. The van der Waals surface area contributed by atoms with Crippen molar-refractivity contribution in [2.75, 3.05) is 5.32 Å². The minimum atomic E-state index is -0.318. The van der Waals surface area contributed by atoms with Crippen LogP contribution < -0.4 is 10.6 Å². The zero-order chi connectivity index (χ0) is 14.7. The maximum Gasteiger partial charge on any atom is 0.319 e. The van der Waals surface area contributed by atoms with Crippen LogP contribution in [0.1, 0.15) is 17.1 Å². The first kappa shape index (κ1) is 14.8. The molecular weight excluding hydrogens is 299 g/mol. The first-order chi connectivity index (χ1) is 9.45. The second-order valence-corrected chi connectivity index (χ2v) is 5.19. The Balaban J connectivity index is 1.92. The van der Waals surface area contributed by atoms with Crippen LogP contribution in [0.3, 0.4) is 0 Å². The van der Waals surface area contributed by atoms with Crippen LogP contribution in [-0.2, 0) is 6.54 Å². The second-order valence-electron chi connectivity index (χ2n) is 4.38. The van der Waals surface area contributed by atoms with Crippen molar-refractivity contribution in [2.24, 2.45) is 0 Å². The smallest absolute Gasteiger partial charge is 0.319 e. The van der Waals surface area contributed by atoms with Gasteiger partial charge in [-0.3, -0.25) is 0 Å². The van der Waals surface area contributed by atoms with E-state index in [4.69, 9.17) is 27.6 Å². The van der Waals surface area contributed by atoms with E-state index >= 15 is 0 Å². The Labute approximate surface area is 127 Å². The van der Waals surface area contributed by atoms with Gasteiger partial charge < -0.3 is 15.1 Å². The number of urea groups is 1. The summed E-state index contributed by atoms with van der Waals surface area (Å²) in [6.45, 7) is 4.13. The maximum absolute atomic E-state index is 11.8. The predicted octanol–water partition coefficient (Wildman–Crippen LogP) is 4.52. The summed E-state index contributed by atoms with van der Waals surface area (Å²) in [5.41, 5.74) is 1.53. The fraction of sp³-hybridized carbons (Fsp3) is 0.214. The van der Waals surface area contributed by atoms with Crippen LogP contribution in [0.5, 0.6) is 0 Å². The van der Waals surface area contributed by atoms with E-state index in [0.29, 0.717) is 22.3 Å². The van der Waals surface area contributed by atoms with E-state index in [-0.39, 0.29) is 6.03 Å². The van der Waals surface area contributed by atoms with Gasteiger partial charge in [-0.25, -0.2) is 4.79 Å². The molecule has 0 bridgehead atoms. The molecule has 0 saturated heterocycles. The number of anilines is 1. The van der Waals surface area contributed by atoms with E-state index < -0.39 is 0 Å². The van der Waals surface area contributed by atoms with Crippen LogP contribution >= 0.6 is 23.2 Å². The number of aryl methyl sites for hydroxylation is 2. The predicted molar refractivity (Wildman–Crippen MR) is 80.5 cm³/mol. The lowest BCUT2D eigenvalue weighted by Gasteiger charge is -2.08. The van der Waals surface area contributed by atoms with Gasteiger partial charge in [0.2, 0.25) is 0 Å². The number of halogens is 2. The molecule has 6 heteroatoms. The van der Waals surface area contributed by atoms with E-state index in [1.165, 1.54) is 0 Å². The molecule has 0 atom stereocenters. The van der Waals surface area contributed by atoms with E-state index in [1.807, 2.05) is 19.9 Å². The number of benzene rings is 1. The topological polar surface area (TPSA) is 54.3 Å². The summed E-state index contributed by atoms with van der Waals surface area (Å²) >= 11 is 11.7. The molecule has 0 aliphatic rings. The average Bonchev–Trinajstić information content (AvgIpc) is 2.70. The molecule has 1 heterocycles. The quantitative estimate of drug-likeness (QED) is 0.875. The number of furan rings is 1. The zero-order valence-electron chi connectivity index (χ0n) is 11.1. The Kier molecular flexibility index (Phi) is 4.57. The molecule has 1 aromatic carbocycles. The summed E-state index contributed by atoms with van der Waals surface area (Å²) in [5.74, 6) is 1.63. The van der Waals surface area contributed by atoms with Crippen LogP contribution in [-0.4, -0.2) is 6.03 Å². The number of carbonyl (C=O) groups excluding carboxylic acids is 1. The molecular formula is C14H14Cl2N2O2. The van der Waals surface area contributed by atoms with Gasteiger partial charge >= 0.3 is 6.03 Å². The molecule has 0 aliphatic heterocycles. The van der Waals surface area contributed by atoms with Crippen LogP contribution in [0.15, 0.2) is 28.7 Å². The molecule has 1 aromatic heterocycles. The van der Waals surface area contributed by atoms with Crippen molar-refractivity contribution in [3.05, 3.63) is 51.4 Å². The minimum Gasteiger partial charge on any atom is -0.466 e. The van der Waals surface area contributed by atoms with Crippen LogP contribution in [0, 0.1) is 13.8 Å². The lowest BCUT2D eigenvalue weighted by atomic mass is 10.2. The highest BCUT2D eigenvalue weighted by Gasteiger charge is 2.07. The highest BCUT2D eigenvalue weighted by atomic mass is 35.5. The van der Waals surface area contributed by atoms with Crippen LogP contribution in [0.25, 0.3) is 0 Å². The summed E-state index contributed by atoms with van der Waals surface area (Å²) < 4.78 is 5.39. The number of hydrogen-bond donors (Lipinski definition) is 2. The monoisotopic (exact) mass is 312 g/mol. The summed E-state index contributed by atoms with van der Waals surface area (Å²) in [6.07, 6.45) is 0. The summed E-state index contributed by atoms with van der Waals surface area (Å²) in [7, 11) is 0. The molecule has 0 spiro atoms. The van der Waals surface area contributed by atoms with Gasteiger partial charge in [-0.15, -0.1) is 0 Å². The number of carbonyl (C=O) groups is 1. The van der Waals surface area contributed by atoms with Crippen molar-refractivity contribution < 1.29 is 9.21 Å². The molecule has 0 aliphatic carbocycles. The molecule has 2 aromatic rings. The fourth-order valence-corrected chi connectivity index (χ4v) is 2.08. The van der Waals surface area contributed by atoms with Crippen molar-refractivity contribution >= 4 is 34.9 Å². The van der Waals surface area contributed by atoms with Gasteiger partial charge in [0.05, 0.1) is 10.0 Å². The largest absolute Gasteiger partial charge is 0.466 e. The van der Waals surface area contributed by atoms with Gasteiger partial charge in [0, 0.05) is 17.8 Å². The molecule has 2 N–H and O–H groups in total. The van der Waals surface area contributed by atoms with E-state index in [0.717, 1.165) is 17.1 Å². The number of rotatable bonds is 3. The Hall–Kier alpha value is -1.65. The van der Waals surface area contributed by atoms with Crippen molar-refractivity contribution in [1.82, 2.24) is 5.32 Å². The molecule has 4 nitrogen and oxygen atoms in total. The molecule has 0 unspecified atom stereocenters. The van der Waals surface area contributed by atoms with Gasteiger partial charge in [0.15, 0.2) is 0 Å². The highest BCUT2D eigenvalue weighted by Crippen LogP contribution is 2.24. The summed E-state index contributed by atoms with van der Waals surface area (Å²) in [4.78, 5) is 11.8. The third-order valence-electron chi connectivity index (χ3n) is 2.76. The lowest BCUT2D eigenvalue weighted by Crippen LogP contribution is -2.28. The highest BCUT2D eigenvalue weighted by molar-refractivity contribution is 6.42. The number of nitrogens with one attached hydrogen (secondary N) is 2. The second kappa shape index (κ2) is 6.20. The van der Waals surface area contributed by atoms with Crippen molar-refractivity contribution in [3.63, 3.8) is 0 Å². The van der Waals surface area contributed by atoms with Crippen molar-refractivity contribution in [2.45, 2.75) is 20.4 Å². The van der Waals surface area contributed by atoms with Gasteiger partial charge in [-0.1, -0.05) is 23.2 Å². The Morgan fingerprint density at radius 2 is 1.95 bits per heavy atom. The minimum absolute atomic E-state index is 0.318. The Morgan fingerprint density at radius 3 is 2.55 bits per heavy atom. The molecule has 2 rings (SSSR count). The summed E-state index contributed by atoms with van der Waals surface area (Å²) in [6, 6.07) is 6.48. The van der Waals surface area contributed by atoms with Crippen LogP contribution in [0.4, 0.5) is 10.5 Å². The zero-order valence-corrected chi connectivity index (χ0v) is 12.6. The van der Waals surface area contributed by atoms with E-state index in [9.17, 15) is 4.79 Å². The van der Waals surface area contributed by atoms with Crippen molar-refractivity contribution in [3.8, 4) is 0 Å². The van der Waals surface area contributed by atoms with E-state index in [2.05, 4.69) is 10.6 Å². The molecule has 2 amide bonds. The van der Waals surface area contributed by atoms with E-state index in [1.54, 1.807) is 18.2 Å². The maximum atomic E-state index is 11.8. The Morgan fingerprint density at radius 1 is 1.20 bits per heavy atom. The molecule has 0 radical (unpaired) electrons. The van der Waals surface area contributed by atoms with Crippen LogP contribution in [0.2, 0.25) is 10.0 Å². The lowest BCUT2D eigenvalue weighted by molar-refractivity contribution is 0.251. The van der Waals surface area contributed by atoms with Crippen molar-refractivity contribution in [1.29, 1.82) is 0 Å². The SMILES string of the molecule is Cc1cc(CNC(=O)Nc2ccc(Cl)c(Cl)c2)c(C)o1. The average molecular weight is 313 g/mol. The van der Waals surface area contributed by atoms with Gasteiger partial charge in [-0.05, 0) is 38.1 Å².